The van der Waals surface area contributed by atoms with E-state index in [1.165, 1.54) is 4.90 Å². The number of nitrogens with zero attached hydrogens (tertiary/aromatic N) is 1. The Morgan fingerprint density at radius 3 is 2.89 bits per heavy atom. The lowest BCUT2D eigenvalue weighted by atomic mass is 10.3. The molecule has 1 aromatic rings. The van der Waals surface area contributed by atoms with E-state index in [2.05, 4.69) is 0 Å². The molecule has 1 aromatic carbocycles. The minimum Gasteiger partial charge on any atom is -0.490 e. The van der Waals surface area contributed by atoms with Gasteiger partial charge in [0.25, 0.3) is 6.02 Å². The smallest absolute Gasteiger partial charge is 0.323 e. The topological polar surface area (TPSA) is 82.9 Å². The van der Waals surface area contributed by atoms with Crippen LogP contribution in [0.25, 0.3) is 0 Å². The molecule has 0 radical (unpaired) electrons. The molecule has 1 aliphatic rings. The van der Waals surface area contributed by atoms with Crippen LogP contribution < -0.4 is 4.74 Å². The molecule has 0 amide bonds. The molecule has 0 aliphatic carbocycles. The summed E-state index contributed by atoms with van der Waals surface area (Å²) in [7, 11) is 0. The summed E-state index contributed by atoms with van der Waals surface area (Å²) in [5.74, 6) is -0.253. The molecule has 18 heavy (non-hydrogen) atoms. The van der Waals surface area contributed by atoms with Gasteiger partial charge in [-0.25, -0.2) is 0 Å². The number of carboxylic acids is 1. The van der Waals surface area contributed by atoms with E-state index in [-0.39, 0.29) is 18.7 Å². The van der Waals surface area contributed by atoms with Crippen LogP contribution in [0.2, 0.25) is 0 Å². The van der Waals surface area contributed by atoms with Crippen molar-refractivity contribution < 1.29 is 19.4 Å². The summed E-state index contributed by atoms with van der Waals surface area (Å²) in [5.41, 5.74) is 0. The number of hydrogen-bond donors (Lipinski definition) is 2. The van der Waals surface area contributed by atoms with Crippen molar-refractivity contribution >= 4 is 12.0 Å². The van der Waals surface area contributed by atoms with Gasteiger partial charge in [0.05, 0.1) is 6.54 Å². The quantitative estimate of drug-likeness (QED) is 0.807. The Hall–Kier alpha value is -2.24. The Morgan fingerprint density at radius 1 is 1.50 bits per heavy atom. The number of carbonyl (C=O) groups is 1. The summed E-state index contributed by atoms with van der Waals surface area (Å²) >= 11 is 0. The molecule has 0 spiro atoms. The van der Waals surface area contributed by atoms with Crippen LogP contribution in [0.5, 0.6) is 5.75 Å². The summed E-state index contributed by atoms with van der Waals surface area (Å²) in [6, 6.07) is 9.17. The number of carboxylic acid groups (broad SMARTS) is 1. The first-order chi connectivity index (χ1) is 8.65. The van der Waals surface area contributed by atoms with Crippen molar-refractivity contribution in [2.75, 3.05) is 19.7 Å². The number of aliphatic carboxylic acids is 1. The van der Waals surface area contributed by atoms with E-state index >= 15 is 0 Å². The molecule has 2 rings (SSSR count). The number of rotatable bonds is 5. The van der Waals surface area contributed by atoms with Crippen LogP contribution in [0.3, 0.4) is 0 Å². The Kier molecular flexibility index (Phi) is 3.66. The zero-order chi connectivity index (χ0) is 13.0. The molecular weight excluding hydrogens is 236 g/mol. The highest BCUT2D eigenvalue weighted by Gasteiger charge is 2.30. The van der Waals surface area contributed by atoms with Gasteiger partial charge in [-0.2, -0.15) is 0 Å². The van der Waals surface area contributed by atoms with Gasteiger partial charge in [-0.3, -0.25) is 10.2 Å². The molecule has 1 unspecified atom stereocenters. The highest BCUT2D eigenvalue weighted by molar-refractivity contribution is 5.79. The zero-order valence-corrected chi connectivity index (χ0v) is 9.70. The van der Waals surface area contributed by atoms with Crippen molar-refractivity contribution in [2.45, 2.75) is 6.10 Å². The van der Waals surface area contributed by atoms with E-state index in [9.17, 15) is 4.79 Å². The van der Waals surface area contributed by atoms with Crippen LogP contribution in [-0.2, 0) is 9.53 Å². The van der Waals surface area contributed by atoms with Crippen LogP contribution in [-0.4, -0.2) is 47.8 Å². The Balaban J connectivity index is 1.82. The number of nitrogens with one attached hydrogen (secondary N) is 1. The van der Waals surface area contributed by atoms with Gasteiger partial charge in [0.2, 0.25) is 0 Å². The normalized spacial score (nSPS) is 18.6. The van der Waals surface area contributed by atoms with Crippen LogP contribution in [0, 0.1) is 5.41 Å². The zero-order valence-electron chi connectivity index (χ0n) is 9.70. The van der Waals surface area contributed by atoms with Gasteiger partial charge in [0.1, 0.15) is 18.9 Å². The maximum absolute atomic E-state index is 10.6. The molecule has 0 saturated carbocycles. The van der Waals surface area contributed by atoms with Crippen molar-refractivity contribution in [3.63, 3.8) is 0 Å². The van der Waals surface area contributed by atoms with Gasteiger partial charge in [-0.1, -0.05) is 18.2 Å². The number of amidine groups is 1. The number of benzene rings is 1. The largest absolute Gasteiger partial charge is 0.490 e. The van der Waals surface area contributed by atoms with Gasteiger partial charge < -0.3 is 19.5 Å². The average molecular weight is 250 g/mol. The molecule has 1 heterocycles. The molecule has 6 nitrogen and oxygen atoms in total. The maximum Gasteiger partial charge on any atom is 0.323 e. The van der Waals surface area contributed by atoms with Crippen molar-refractivity contribution in [1.29, 1.82) is 5.41 Å². The molecule has 1 aliphatic heterocycles. The van der Waals surface area contributed by atoms with Gasteiger partial charge in [-0.15, -0.1) is 0 Å². The lowest BCUT2D eigenvalue weighted by molar-refractivity contribution is -0.137. The molecule has 1 saturated heterocycles. The summed E-state index contributed by atoms with van der Waals surface area (Å²) in [5, 5.41) is 16.2. The third kappa shape index (κ3) is 3.13. The second kappa shape index (κ2) is 5.39. The fraction of sp³-hybridized carbons (Fsp3) is 0.333. The first-order valence-electron chi connectivity index (χ1n) is 5.55. The summed E-state index contributed by atoms with van der Waals surface area (Å²) < 4.78 is 10.7. The summed E-state index contributed by atoms with van der Waals surface area (Å²) in [6.45, 7) is 0.432. The fourth-order valence-electron chi connectivity index (χ4n) is 1.69. The van der Waals surface area contributed by atoms with Gasteiger partial charge in [-0.05, 0) is 12.1 Å². The first-order valence-corrected chi connectivity index (χ1v) is 5.55. The van der Waals surface area contributed by atoms with E-state index in [4.69, 9.17) is 20.0 Å². The Labute approximate surface area is 104 Å². The molecule has 6 heteroatoms. The molecule has 1 atom stereocenters. The standard InChI is InChI=1S/C12H14N2O4/c13-12-14(7-11(15)16)6-10(18-12)8-17-9-4-2-1-3-5-9/h1-5,10,13H,6-8H2,(H,15,16). The predicted molar refractivity (Wildman–Crippen MR) is 63.7 cm³/mol. The Morgan fingerprint density at radius 2 is 2.22 bits per heavy atom. The average Bonchev–Trinajstić information content (AvgIpc) is 2.68. The molecule has 0 bridgehead atoms. The van der Waals surface area contributed by atoms with E-state index < -0.39 is 5.97 Å². The summed E-state index contributed by atoms with van der Waals surface area (Å²) in [4.78, 5) is 11.9. The fourth-order valence-corrected chi connectivity index (χ4v) is 1.69. The maximum atomic E-state index is 10.6. The second-order valence-corrected chi connectivity index (χ2v) is 3.94. The van der Waals surface area contributed by atoms with E-state index in [0.717, 1.165) is 5.75 Å². The molecular formula is C12H14N2O4. The number of para-hydroxylation sites is 1. The summed E-state index contributed by atoms with van der Waals surface area (Å²) in [6.07, 6.45) is -0.308. The minimum atomic E-state index is -0.979. The van der Waals surface area contributed by atoms with Crippen LogP contribution in [0.15, 0.2) is 30.3 Å². The lowest BCUT2D eigenvalue weighted by Gasteiger charge is -2.11. The highest BCUT2D eigenvalue weighted by atomic mass is 16.6. The highest BCUT2D eigenvalue weighted by Crippen LogP contribution is 2.13. The molecule has 0 aromatic heterocycles. The van der Waals surface area contributed by atoms with E-state index in [1.807, 2.05) is 30.3 Å². The van der Waals surface area contributed by atoms with Crippen molar-refractivity contribution in [1.82, 2.24) is 4.90 Å². The van der Waals surface area contributed by atoms with Crippen molar-refractivity contribution in [3.8, 4) is 5.75 Å². The number of ether oxygens (including phenoxy) is 2. The van der Waals surface area contributed by atoms with Gasteiger partial charge in [0.15, 0.2) is 6.10 Å². The predicted octanol–water partition coefficient (Wildman–Crippen LogP) is 0.786. The van der Waals surface area contributed by atoms with Gasteiger partial charge >= 0.3 is 5.97 Å². The number of hydrogen-bond acceptors (Lipinski definition) is 4. The van der Waals surface area contributed by atoms with Gasteiger partial charge in [0, 0.05) is 0 Å². The second-order valence-electron chi connectivity index (χ2n) is 3.94. The molecule has 1 fully saturated rings. The SMILES string of the molecule is N=C1OC(COc2ccccc2)CN1CC(=O)O. The third-order valence-corrected chi connectivity index (χ3v) is 2.49. The Bertz CT molecular complexity index is 435. The van der Waals surface area contributed by atoms with Crippen molar-refractivity contribution in [3.05, 3.63) is 30.3 Å². The molecule has 2 N–H and O–H groups in total. The van der Waals surface area contributed by atoms with Crippen LogP contribution in [0.4, 0.5) is 0 Å². The third-order valence-electron chi connectivity index (χ3n) is 2.49. The monoisotopic (exact) mass is 250 g/mol. The van der Waals surface area contributed by atoms with Crippen LogP contribution in [0.1, 0.15) is 0 Å². The van der Waals surface area contributed by atoms with E-state index in [0.29, 0.717) is 13.2 Å². The first kappa shape index (κ1) is 12.2. The van der Waals surface area contributed by atoms with Crippen LogP contribution >= 0.6 is 0 Å². The lowest BCUT2D eigenvalue weighted by Crippen LogP contribution is -2.32. The van der Waals surface area contributed by atoms with E-state index in [1.54, 1.807) is 0 Å². The minimum absolute atomic E-state index is 0.112. The van der Waals surface area contributed by atoms with Crippen molar-refractivity contribution in [2.24, 2.45) is 0 Å². The molecule has 96 valence electrons.